The number of furan rings is 1. The molecule has 0 aliphatic carbocycles. The van der Waals surface area contributed by atoms with Crippen molar-refractivity contribution in [3.63, 3.8) is 0 Å². The van der Waals surface area contributed by atoms with Gasteiger partial charge in [-0.1, -0.05) is 30.3 Å². The standard InChI is InChI=1S/C18H20N2O4/c1-18(16(21)22)9-10-20(12-18)17(23)19-11-14-7-8-15(24-14)13-5-3-2-4-6-13/h2-8H,9-12H2,1H3,(H,19,23)(H,21,22). The number of amides is 2. The third-order valence-corrected chi connectivity index (χ3v) is 4.41. The fourth-order valence-corrected chi connectivity index (χ4v) is 2.81. The molecule has 1 atom stereocenters. The highest BCUT2D eigenvalue weighted by atomic mass is 16.4. The molecule has 1 fully saturated rings. The molecule has 0 bridgehead atoms. The van der Waals surface area contributed by atoms with Crippen molar-refractivity contribution < 1.29 is 19.1 Å². The maximum Gasteiger partial charge on any atom is 0.317 e. The fraction of sp³-hybridized carbons (Fsp3) is 0.333. The molecule has 2 amide bonds. The summed E-state index contributed by atoms with van der Waals surface area (Å²) < 4.78 is 5.73. The zero-order valence-electron chi connectivity index (χ0n) is 13.5. The number of hydrogen-bond donors (Lipinski definition) is 2. The summed E-state index contributed by atoms with van der Waals surface area (Å²) in [7, 11) is 0. The first-order chi connectivity index (χ1) is 11.5. The predicted octanol–water partition coefficient (Wildman–Crippen LogP) is 2.95. The number of nitrogens with zero attached hydrogens (tertiary/aromatic N) is 1. The fourth-order valence-electron chi connectivity index (χ4n) is 2.81. The molecule has 6 heteroatoms. The number of urea groups is 1. The molecule has 0 radical (unpaired) electrons. The molecule has 1 aliphatic rings. The van der Waals surface area contributed by atoms with Gasteiger partial charge in [-0.05, 0) is 25.5 Å². The Morgan fingerprint density at radius 1 is 1.25 bits per heavy atom. The predicted molar refractivity (Wildman–Crippen MR) is 88.3 cm³/mol. The molecule has 1 aromatic heterocycles. The summed E-state index contributed by atoms with van der Waals surface area (Å²) in [4.78, 5) is 25.0. The van der Waals surface area contributed by atoms with Crippen LogP contribution in [0, 0.1) is 5.41 Å². The van der Waals surface area contributed by atoms with Gasteiger partial charge in [0.05, 0.1) is 12.0 Å². The van der Waals surface area contributed by atoms with Gasteiger partial charge in [0.1, 0.15) is 11.5 Å². The Balaban J connectivity index is 1.56. The van der Waals surface area contributed by atoms with Crippen LogP contribution in [0.4, 0.5) is 4.79 Å². The lowest BCUT2D eigenvalue weighted by atomic mass is 9.90. The molecule has 0 saturated carbocycles. The Labute approximate surface area is 140 Å². The number of benzene rings is 1. The van der Waals surface area contributed by atoms with Gasteiger partial charge in [-0.3, -0.25) is 4.79 Å². The zero-order valence-corrected chi connectivity index (χ0v) is 13.5. The van der Waals surface area contributed by atoms with Gasteiger partial charge in [-0.25, -0.2) is 4.79 Å². The molecule has 3 rings (SSSR count). The monoisotopic (exact) mass is 328 g/mol. The van der Waals surface area contributed by atoms with Crippen molar-refractivity contribution >= 4 is 12.0 Å². The highest BCUT2D eigenvalue weighted by molar-refractivity contribution is 5.79. The van der Waals surface area contributed by atoms with Crippen molar-refractivity contribution in [1.82, 2.24) is 10.2 Å². The molecule has 2 N–H and O–H groups in total. The first-order valence-corrected chi connectivity index (χ1v) is 7.88. The van der Waals surface area contributed by atoms with Crippen LogP contribution in [0.25, 0.3) is 11.3 Å². The summed E-state index contributed by atoms with van der Waals surface area (Å²) in [5.41, 5.74) is 0.120. The maximum atomic E-state index is 12.2. The van der Waals surface area contributed by atoms with Gasteiger partial charge in [0.2, 0.25) is 0 Å². The van der Waals surface area contributed by atoms with Crippen LogP contribution < -0.4 is 5.32 Å². The first-order valence-electron chi connectivity index (χ1n) is 7.88. The Kier molecular flexibility index (Phi) is 4.29. The molecule has 1 unspecified atom stereocenters. The lowest BCUT2D eigenvalue weighted by molar-refractivity contribution is -0.147. The molecule has 2 heterocycles. The smallest absolute Gasteiger partial charge is 0.317 e. The van der Waals surface area contributed by atoms with E-state index in [1.54, 1.807) is 6.92 Å². The number of carboxylic acids is 1. The minimum absolute atomic E-state index is 0.224. The summed E-state index contributed by atoms with van der Waals surface area (Å²) >= 11 is 0. The number of likely N-dealkylation sites (tertiary alicyclic amines) is 1. The van der Waals surface area contributed by atoms with E-state index in [-0.39, 0.29) is 19.1 Å². The van der Waals surface area contributed by atoms with Gasteiger partial charge >= 0.3 is 12.0 Å². The Hall–Kier alpha value is -2.76. The van der Waals surface area contributed by atoms with Crippen molar-refractivity contribution in [3.05, 3.63) is 48.2 Å². The van der Waals surface area contributed by atoms with Crippen LogP contribution in [0.3, 0.4) is 0 Å². The average molecular weight is 328 g/mol. The number of aliphatic carboxylic acids is 1. The minimum atomic E-state index is -0.865. The molecular weight excluding hydrogens is 308 g/mol. The first kappa shape index (κ1) is 16.1. The second kappa shape index (κ2) is 6.39. The molecule has 1 saturated heterocycles. The minimum Gasteiger partial charge on any atom is -0.481 e. The van der Waals surface area contributed by atoms with Crippen LogP contribution >= 0.6 is 0 Å². The van der Waals surface area contributed by atoms with Gasteiger partial charge < -0.3 is 19.7 Å². The van der Waals surface area contributed by atoms with E-state index < -0.39 is 11.4 Å². The number of nitrogens with one attached hydrogen (secondary N) is 1. The quantitative estimate of drug-likeness (QED) is 0.904. The van der Waals surface area contributed by atoms with Crippen molar-refractivity contribution in [2.24, 2.45) is 5.41 Å². The molecule has 6 nitrogen and oxygen atoms in total. The molecule has 24 heavy (non-hydrogen) atoms. The average Bonchev–Trinajstić information content (AvgIpc) is 3.21. The summed E-state index contributed by atoms with van der Waals surface area (Å²) in [6.07, 6.45) is 0.467. The lowest BCUT2D eigenvalue weighted by Gasteiger charge is -2.20. The van der Waals surface area contributed by atoms with Gasteiger partial charge in [0.15, 0.2) is 0 Å². The third kappa shape index (κ3) is 3.27. The van der Waals surface area contributed by atoms with Gasteiger partial charge in [-0.15, -0.1) is 0 Å². The van der Waals surface area contributed by atoms with Crippen molar-refractivity contribution in [3.8, 4) is 11.3 Å². The van der Waals surface area contributed by atoms with E-state index in [1.165, 1.54) is 4.90 Å². The molecule has 0 spiro atoms. The van der Waals surface area contributed by atoms with E-state index in [2.05, 4.69) is 5.32 Å². The number of rotatable bonds is 4. The Bertz CT molecular complexity index is 740. The largest absolute Gasteiger partial charge is 0.481 e. The van der Waals surface area contributed by atoms with E-state index in [0.717, 1.165) is 11.3 Å². The topological polar surface area (TPSA) is 82.8 Å². The van der Waals surface area contributed by atoms with Crippen LogP contribution in [0.5, 0.6) is 0 Å². The van der Waals surface area contributed by atoms with Gasteiger partial charge in [-0.2, -0.15) is 0 Å². The number of carbonyl (C=O) groups excluding carboxylic acids is 1. The summed E-state index contributed by atoms with van der Waals surface area (Å²) in [5, 5.41) is 12.0. The van der Waals surface area contributed by atoms with Crippen molar-refractivity contribution in [2.75, 3.05) is 13.1 Å². The Morgan fingerprint density at radius 3 is 2.67 bits per heavy atom. The van der Waals surface area contributed by atoms with Crippen LogP contribution in [0.2, 0.25) is 0 Å². The van der Waals surface area contributed by atoms with Crippen LogP contribution in [-0.4, -0.2) is 35.1 Å². The second-order valence-corrected chi connectivity index (χ2v) is 6.33. The number of carbonyl (C=O) groups is 2. The van der Waals surface area contributed by atoms with E-state index >= 15 is 0 Å². The van der Waals surface area contributed by atoms with E-state index in [1.807, 2.05) is 42.5 Å². The highest BCUT2D eigenvalue weighted by Crippen LogP contribution is 2.30. The maximum absolute atomic E-state index is 12.2. The van der Waals surface area contributed by atoms with Crippen LogP contribution in [0.15, 0.2) is 46.9 Å². The van der Waals surface area contributed by atoms with E-state index in [9.17, 15) is 14.7 Å². The van der Waals surface area contributed by atoms with E-state index in [4.69, 9.17) is 4.42 Å². The highest BCUT2D eigenvalue weighted by Gasteiger charge is 2.42. The Morgan fingerprint density at radius 2 is 2.00 bits per heavy atom. The summed E-state index contributed by atoms with van der Waals surface area (Å²) in [6.45, 7) is 2.61. The third-order valence-electron chi connectivity index (χ3n) is 4.41. The number of carboxylic acid groups (broad SMARTS) is 1. The normalized spacial score (nSPS) is 20.1. The molecule has 2 aromatic rings. The van der Waals surface area contributed by atoms with Gasteiger partial charge in [0, 0.05) is 18.7 Å². The van der Waals surface area contributed by atoms with Crippen LogP contribution in [0.1, 0.15) is 19.1 Å². The molecule has 1 aliphatic heterocycles. The van der Waals surface area contributed by atoms with Crippen LogP contribution in [-0.2, 0) is 11.3 Å². The van der Waals surface area contributed by atoms with Crippen molar-refractivity contribution in [2.45, 2.75) is 19.9 Å². The summed E-state index contributed by atoms with van der Waals surface area (Å²) in [6, 6.07) is 13.2. The number of hydrogen-bond acceptors (Lipinski definition) is 3. The van der Waals surface area contributed by atoms with E-state index in [0.29, 0.717) is 18.7 Å². The second-order valence-electron chi connectivity index (χ2n) is 6.33. The van der Waals surface area contributed by atoms with Gasteiger partial charge in [0.25, 0.3) is 0 Å². The summed E-state index contributed by atoms with van der Waals surface area (Å²) in [5.74, 6) is 0.540. The van der Waals surface area contributed by atoms with Crippen molar-refractivity contribution in [1.29, 1.82) is 0 Å². The lowest BCUT2D eigenvalue weighted by Crippen LogP contribution is -2.40. The molecule has 126 valence electrons. The SMILES string of the molecule is CC1(C(=O)O)CCN(C(=O)NCc2ccc(-c3ccccc3)o2)C1. The molecular formula is C18H20N2O4. The zero-order chi connectivity index (χ0) is 17.2. The molecule has 1 aromatic carbocycles.